The van der Waals surface area contributed by atoms with Gasteiger partial charge in [-0.15, -0.1) is 0 Å². The van der Waals surface area contributed by atoms with Crippen LogP contribution in [0, 0.1) is 0 Å². The number of hydrogen-bond donors (Lipinski definition) is 0. The molecule has 468 valence electrons. The lowest BCUT2D eigenvalue weighted by molar-refractivity contribution is -0.167. The van der Waals surface area contributed by atoms with Crippen LogP contribution < -0.4 is 0 Å². The molecule has 6 nitrogen and oxygen atoms in total. The minimum Gasteiger partial charge on any atom is -0.462 e. The van der Waals surface area contributed by atoms with Crippen LogP contribution in [0.1, 0.15) is 323 Å². The zero-order valence-corrected chi connectivity index (χ0v) is 53.7. The second-order valence-electron chi connectivity index (χ2n) is 22.7. The molecular formula is C76H128O6. The number of carbonyl (C=O) groups excluding carboxylic acids is 3. The first-order valence-corrected chi connectivity index (χ1v) is 34.5. The molecule has 0 aromatic carbocycles. The van der Waals surface area contributed by atoms with Crippen LogP contribution in [0.25, 0.3) is 0 Å². The van der Waals surface area contributed by atoms with E-state index in [0.29, 0.717) is 19.3 Å². The monoisotopic (exact) mass is 1140 g/mol. The summed E-state index contributed by atoms with van der Waals surface area (Å²) in [6.45, 7) is 6.43. The van der Waals surface area contributed by atoms with Crippen molar-refractivity contribution in [1.82, 2.24) is 0 Å². The summed E-state index contributed by atoms with van der Waals surface area (Å²) in [5.74, 6) is -0.888. The number of carbonyl (C=O) groups is 3. The van der Waals surface area contributed by atoms with Crippen LogP contribution in [0.4, 0.5) is 0 Å². The van der Waals surface area contributed by atoms with Gasteiger partial charge in [0.05, 0.1) is 0 Å². The van der Waals surface area contributed by atoms with Crippen LogP contribution in [0.2, 0.25) is 0 Å². The molecule has 82 heavy (non-hydrogen) atoms. The van der Waals surface area contributed by atoms with E-state index in [1.807, 2.05) is 0 Å². The molecule has 1 unspecified atom stereocenters. The second-order valence-corrected chi connectivity index (χ2v) is 22.7. The van der Waals surface area contributed by atoms with Gasteiger partial charge in [-0.05, 0) is 109 Å². The summed E-state index contributed by atoms with van der Waals surface area (Å²) in [5, 5.41) is 0. The van der Waals surface area contributed by atoms with Crippen molar-refractivity contribution in [3.05, 3.63) is 122 Å². The highest BCUT2D eigenvalue weighted by molar-refractivity contribution is 5.71. The van der Waals surface area contributed by atoms with Gasteiger partial charge in [0, 0.05) is 19.3 Å². The summed E-state index contributed by atoms with van der Waals surface area (Å²) >= 11 is 0. The van der Waals surface area contributed by atoms with E-state index in [4.69, 9.17) is 14.2 Å². The fraction of sp³-hybridized carbons (Fsp3) is 0.697. The van der Waals surface area contributed by atoms with Crippen molar-refractivity contribution in [3.63, 3.8) is 0 Å². The molecule has 0 spiro atoms. The quantitative estimate of drug-likeness (QED) is 0.0261. The van der Waals surface area contributed by atoms with Crippen LogP contribution in [0.15, 0.2) is 122 Å². The van der Waals surface area contributed by atoms with Crippen molar-refractivity contribution >= 4 is 17.9 Å². The Hall–Kier alpha value is -4.19. The summed E-state index contributed by atoms with van der Waals surface area (Å²) in [6, 6.07) is 0. The standard InChI is InChI=1S/C76H128O6/c1-4-7-10-13-16-19-22-25-28-30-32-34-36-38-40-42-44-46-48-51-54-57-60-63-66-69-75(78)81-72-73(71-80-74(77)68-65-62-59-56-53-50-27-24-21-18-15-12-9-6-3)82-76(79)70-67-64-61-58-55-52-49-47-45-43-41-39-37-35-33-31-29-26-23-20-17-14-11-8-5-2/h7-8,10-11,16-17,19-20,25-26,28-29,32-35,38,40,44,46,73H,4-6,9,12-15,18,21-24,27,30-31,36-37,39,41-43,45,47-72H2,1-3H3/b10-7-,11-8-,19-16-,20-17-,28-25-,29-26-,34-32-,35-33-,40-38-,46-44-. The van der Waals surface area contributed by atoms with Gasteiger partial charge in [-0.1, -0.05) is 316 Å². The smallest absolute Gasteiger partial charge is 0.306 e. The van der Waals surface area contributed by atoms with Gasteiger partial charge >= 0.3 is 17.9 Å². The number of hydrogen-bond acceptors (Lipinski definition) is 6. The molecule has 0 radical (unpaired) electrons. The first kappa shape index (κ1) is 77.8. The van der Waals surface area contributed by atoms with Crippen molar-refractivity contribution < 1.29 is 28.6 Å². The van der Waals surface area contributed by atoms with Gasteiger partial charge in [0.25, 0.3) is 0 Å². The largest absolute Gasteiger partial charge is 0.462 e. The summed E-state index contributed by atoms with van der Waals surface area (Å²) in [4.78, 5) is 38.4. The van der Waals surface area contributed by atoms with Crippen molar-refractivity contribution in [2.75, 3.05) is 13.2 Å². The lowest BCUT2D eigenvalue weighted by Crippen LogP contribution is -2.30. The third-order valence-electron chi connectivity index (χ3n) is 14.7. The van der Waals surface area contributed by atoms with E-state index in [9.17, 15) is 14.4 Å². The van der Waals surface area contributed by atoms with Crippen LogP contribution in [0.3, 0.4) is 0 Å². The molecular weight excluding hydrogens is 1010 g/mol. The predicted octanol–water partition coefficient (Wildman–Crippen LogP) is 23.9. The maximum absolute atomic E-state index is 13.0. The molecule has 0 aliphatic heterocycles. The normalized spacial score (nSPS) is 12.9. The fourth-order valence-electron chi connectivity index (χ4n) is 9.62. The lowest BCUT2D eigenvalue weighted by Gasteiger charge is -2.18. The predicted molar refractivity (Wildman–Crippen MR) is 357 cm³/mol. The zero-order chi connectivity index (χ0) is 59.2. The molecule has 0 saturated heterocycles. The van der Waals surface area contributed by atoms with E-state index in [1.54, 1.807) is 0 Å². The number of ether oxygens (including phenoxy) is 3. The molecule has 0 amide bonds. The first-order chi connectivity index (χ1) is 40.5. The van der Waals surface area contributed by atoms with E-state index in [1.165, 1.54) is 148 Å². The molecule has 0 fully saturated rings. The van der Waals surface area contributed by atoms with E-state index in [-0.39, 0.29) is 31.1 Å². The number of rotatable bonds is 62. The van der Waals surface area contributed by atoms with E-state index in [2.05, 4.69) is 142 Å². The molecule has 0 saturated carbocycles. The average molecular weight is 1140 g/mol. The van der Waals surface area contributed by atoms with Crippen LogP contribution in [-0.4, -0.2) is 37.2 Å². The third kappa shape index (κ3) is 66.6. The Balaban J connectivity index is 4.36. The van der Waals surface area contributed by atoms with Gasteiger partial charge in [0.1, 0.15) is 13.2 Å². The average Bonchev–Trinajstić information content (AvgIpc) is 3.47. The van der Waals surface area contributed by atoms with Gasteiger partial charge in [-0.25, -0.2) is 0 Å². The fourth-order valence-corrected chi connectivity index (χ4v) is 9.62. The second kappa shape index (κ2) is 69.3. The third-order valence-corrected chi connectivity index (χ3v) is 14.7. The molecule has 0 rings (SSSR count). The Kier molecular flexibility index (Phi) is 65.8. The first-order valence-electron chi connectivity index (χ1n) is 34.5. The Morgan fingerprint density at radius 1 is 0.256 bits per heavy atom. The van der Waals surface area contributed by atoms with Gasteiger partial charge in [-0.2, -0.15) is 0 Å². The van der Waals surface area contributed by atoms with Gasteiger partial charge in [-0.3, -0.25) is 14.4 Å². The summed E-state index contributed by atoms with van der Waals surface area (Å²) < 4.78 is 17.0. The SMILES string of the molecule is CC/C=C\C/C=C\C/C=C\C/C=C\C/C=C\C/C=C\CCCCCCCCC(=O)OCC(COC(=O)CCCCCCCCCCCCCCCC)OC(=O)CCCCCCCCCCCCCC/C=C\C/C=C\C/C=C\C/C=C\CC. The Morgan fingerprint density at radius 3 is 0.744 bits per heavy atom. The Bertz CT molecular complexity index is 1690. The van der Waals surface area contributed by atoms with Crippen LogP contribution in [0.5, 0.6) is 0 Å². The minimum atomic E-state index is -0.789. The van der Waals surface area contributed by atoms with Crippen molar-refractivity contribution in [1.29, 1.82) is 0 Å². The Labute approximate surface area is 507 Å². The molecule has 6 heteroatoms. The minimum absolute atomic E-state index is 0.0823. The van der Waals surface area contributed by atoms with Crippen LogP contribution >= 0.6 is 0 Å². The van der Waals surface area contributed by atoms with Crippen molar-refractivity contribution in [3.8, 4) is 0 Å². The highest BCUT2D eigenvalue weighted by Gasteiger charge is 2.19. The zero-order valence-electron chi connectivity index (χ0n) is 53.7. The molecule has 0 heterocycles. The lowest BCUT2D eigenvalue weighted by atomic mass is 10.0. The summed E-state index contributed by atoms with van der Waals surface area (Å²) in [6.07, 6.45) is 96.4. The number of allylic oxidation sites excluding steroid dienone is 20. The molecule has 0 N–H and O–H groups in total. The molecule has 0 bridgehead atoms. The maximum atomic E-state index is 13.0. The summed E-state index contributed by atoms with van der Waals surface area (Å²) in [5.41, 5.74) is 0. The van der Waals surface area contributed by atoms with Gasteiger partial charge < -0.3 is 14.2 Å². The van der Waals surface area contributed by atoms with Crippen molar-refractivity contribution in [2.45, 2.75) is 329 Å². The van der Waals surface area contributed by atoms with E-state index in [0.717, 1.165) is 135 Å². The van der Waals surface area contributed by atoms with Gasteiger partial charge in [0.2, 0.25) is 0 Å². The van der Waals surface area contributed by atoms with Gasteiger partial charge in [0.15, 0.2) is 6.10 Å². The highest BCUT2D eigenvalue weighted by atomic mass is 16.6. The molecule has 0 aliphatic carbocycles. The highest BCUT2D eigenvalue weighted by Crippen LogP contribution is 2.17. The number of esters is 3. The van der Waals surface area contributed by atoms with Crippen LogP contribution in [-0.2, 0) is 28.6 Å². The maximum Gasteiger partial charge on any atom is 0.306 e. The molecule has 0 aromatic heterocycles. The molecule has 0 aromatic rings. The summed E-state index contributed by atoms with van der Waals surface area (Å²) in [7, 11) is 0. The molecule has 0 aliphatic rings. The van der Waals surface area contributed by atoms with E-state index < -0.39 is 6.10 Å². The topological polar surface area (TPSA) is 78.9 Å². The Morgan fingerprint density at radius 2 is 0.476 bits per heavy atom. The van der Waals surface area contributed by atoms with Crippen molar-refractivity contribution in [2.24, 2.45) is 0 Å². The number of unbranched alkanes of at least 4 members (excludes halogenated alkanes) is 31. The molecule has 1 atom stereocenters. The van der Waals surface area contributed by atoms with E-state index >= 15 is 0 Å².